The molecule has 1 rings (SSSR count). The fraction of sp³-hybridized carbons (Fsp3) is 0.667. The van der Waals surface area contributed by atoms with E-state index in [1.54, 1.807) is 6.92 Å². The second-order valence-electron chi connectivity index (χ2n) is 4.27. The number of hydrogen-bond donors (Lipinski definition) is 3. The van der Waals surface area contributed by atoms with Crippen LogP contribution >= 0.6 is 0 Å². The quantitative estimate of drug-likeness (QED) is 0.654. The van der Waals surface area contributed by atoms with E-state index in [1.165, 1.54) is 0 Å². The number of aromatic nitrogens is 2. The average molecular weight is 238 g/mol. The van der Waals surface area contributed by atoms with Gasteiger partial charge in [-0.3, -0.25) is 0 Å². The lowest BCUT2D eigenvalue weighted by atomic mass is 10.2. The molecule has 1 aromatic rings. The summed E-state index contributed by atoms with van der Waals surface area (Å²) in [6, 6.07) is 0. The number of aryl methyl sites for hydroxylation is 1. The Morgan fingerprint density at radius 3 is 2.71 bits per heavy atom. The Bertz CT molecular complexity index is 366. The molecule has 1 aromatic heterocycles. The average Bonchev–Trinajstić information content (AvgIpc) is 2.29. The zero-order valence-electron chi connectivity index (χ0n) is 10.8. The van der Waals surface area contributed by atoms with E-state index in [0.29, 0.717) is 5.82 Å². The SMILES string of the molecule is CCc1nc(N)c(C)c(NCCCC(C)O)n1. The van der Waals surface area contributed by atoms with Gasteiger partial charge in [0.1, 0.15) is 17.5 Å². The molecule has 0 aliphatic rings. The molecule has 0 aliphatic heterocycles. The van der Waals surface area contributed by atoms with Gasteiger partial charge in [0, 0.05) is 18.5 Å². The first-order valence-corrected chi connectivity index (χ1v) is 6.09. The molecule has 0 amide bonds. The van der Waals surface area contributed by atoms with Crippen molar-refractivity contribution in [2.24, 2.45) is 0 Å². The maximum Gasteiger partial charge on any atom is 0.134 e. The van der Waals surface area contributed by atoms with E-state index >= 15 is 0 Å². The smallest absolute Gasteiger partial charge is 0.134 e. The molecule has 1 atom stereocenters. The summed E-state index contributed by atoms with van der Waals surface area (Å²) in [6.07, 6.45) is 2.21. The topological polar surface area (TPSA) is 84.1 Å². The highest BCUT2D eigenvalue weighted by atomic mass is 16.3. The summed E-state index contributed by atoms with van der Waals surface area (Å²) in [5, 5.41) is 12.4. The molecule has 0 saturated carbocycles. The van der Waals surface area contributed by atoms with Crippen molar-refractivity contribution in [3.05, 3.63) is 11.4 Å². The first-order chi connectivity index (χ1) is 8.04. The number of aliphatic hydroxyl groups is 1. The molecule has 5 nitrogen and oxygen atoms in total. The van der Waals surface area contributed by atoms with E-state index in [2.05, 4.69) is 15.3 Å². The lowest BCUT2D eigenvalue weighted by Gasteiger charge is -2.11. The molecule has 0 aromatic carbocycles. The van der Waals surface area contributed by atoms with Crippen LogP contribution in [0.25, 0.3) is 0 Å². The first kappa shape index (κ1) is 13.7. The Labute approximate surface area is 102 Å². The molecular formula is C12H22N4O. The highest BCUT2D eigenvalue weighted by Gasteiger charge is 2.07. The van der Waals surface area contributed by atoms with Crippen molar-refractivity contribution in [3.63, 3.8) is 0 Å². The van der Waals surface area contributed by atoms with Crippen LogP contribution < -0.4 is 11.1 Å². The minimum absolute atomic E-state index is 0.250. The van der Waals surface area contributed by atoms with Gasteiger partial charge >= 0.3 is 0 Å². The fourth-order valence-corrected chi connectivity index (χ4v) is 1.52. The maximum absolute atomic E-state index is 9.16. The molecule has 5 heteroatoms. The number of rotatable bonds is 6. The minimum Gasteiger partial charge on any atom is -0.393 e. The summed E-state index contributed by atoms with van der Waals surface area (Å²) >= 11 is 0. The molecule has 17 heavy (non-hydrogen) atoms. The van der Waals surface area contributed by atoms with Crippen molar-refractivity contribution in [1.82, 2.24) is 9.97 Å². The molecule has 0 spiro atoms. The van der Waals surface area contributed by atoms with E-state index < -0.39 is 0 Å². The summed E-state index contributed by atoms with van der Waals surface area (Å²) in [5.41, 5.74) is 6.71. The Kier molecular flexibility index (Phi) is 5.15. The summed E-state index contributed by atoms with van der Waals surface area (Å²) in [6.45, 7) is 6.49. The van der Waals surface area contributed by atoms with Crippen LogP contribution in [0, 0.1) is 6.92 Å². The molecule has 1 unspecified atom stereocenters. The molecule has 0 fully saturated rings. The summed E-state index contributed by atoms with van der Waals surface area (Å²) in [5.74, 6) is 2.10. The van der Waals surface area contributed by atoms with Gasteiger partial charge in [-0.2, -0.15) is 0 Å². The Morgan fingerprint density at radius 2 is 2.12 bits per heavy atom. The van der Waals surface area contributed by atoms with Crippen molar-refractivity contribution in [2.45, 2.75) is 46.1 Å². The highest BCUT2D eigenvalue weighted by Crippen LogP contribution is 2.17. The largest absolute Gasteiger partial charge is 0.393 e. The zero-order valence-corrected chi connectivity index (χ0v) is 10.8. The second-order valence-corrected chi connectivity index (χ2v) is 4.27. The fourth-order valence-electron chi connectivity index (χ4n) is 1.52. The number of hydrogen-bond acceptors (Lipinski definition) is 5. The third-order valence-corrected chi connectivity index (χ3v) is 2.64. The van der Waals surface area contributed by atoms with Crippen LogP contribution in [0.2, 0.25) is 0 Å². The predicted molar refractivity (Wildman–Crippen MR) is 70.0 cm³/mol. The molecule has 96 valence electrons. The number of nitrogens with zero attached hydrogens (tertiary/aromatic N) is 2. The van der Waals surface area contributed by atoms with Crippen LogP contribution in [0.5, 0.6) is 0 Å². The van der Waals surface area contributed by atoms with Gasteiger partial charge in [-0.05, 0) is 26.7 Å². The zero-order chi connectivity index (χ0) is 12.8. The van der Waals surface area contributed by atoms with Crippen LogP contribution in [0.3, 0.4) is 0 Å². The molecule has 0 saturated heterocycles. The number of aliphatic hydroxyl groups excluding tert-OH is 1. The summed E-state index contributed by atoms with van der Waals surface area (Å²) in [4.78, 5) is 8.60. The van der Waals surface area contributed by atoms with Crippen LogP contribution in [0.15, 0.2) is 0 Å². The lowest BCUT2D eigenvalue weighted by Crippen LogP contribution is -2.11. The molecule has 0 bridgehead atoms. The third-order valence-electron chi connectivity index (χ3n) is 2.64. The maximum atomic E-state index is 9.16. The van der Waals surface area contributed by atoms with Gasteiger partial charge in [0.2, 0.25) is 0 Å². The van der Waals surface area contributed by atoms with Gasteiger partial charge in [-0.25, -0.2) is 9.97 Å². The van der Waals surface area contributed by atoms with Crippen molar-refractivity contribution in [1.29, 1.82) is 0 Å². The Hall–Kier alpha value is -1.36. The standard InChI is InChI=1S/C12H22N4O/c1-4-10-15-11(13)9(3)12(16-10)14-7-5-6-8(2)17/h8,17H,4-7H2,1-3H3,(H3,13,14,15,16). The Balaban J connectivity index is 2.60. The minimum atomic E-state index is -0.250. The van der Waals surface area contributed by atoms with Crippen molar-refractivity contribution in [2.75, 3.05) is 17.6 Å². The predicted octanol–water partition coefficient (Wildman–Crippen LogP) is 1.50. The molecular weight excluding hydrogens is 216 g/mol. The van der Waals surface area contributed by atoms with Crippen LogP contribution in [-0.2, 0) is 6.42 Å². The lowest BCUT2D eigenvalue weighted by molar-refractivity contribution is 0.183. The van der Waals surface area contributed by atoms with Gasteiger partial charge in [-0.15, -0.1) is 0 Å². The normalized spacial score (nSPS) is 12.5. The van der Waals surface area contributed by atoms with E-state index in [-0.39, 0.29) is 6.10 Å². The monoisotopic (exact) mass is 238 g/mol. The third kappa shape index (κ3) is 4.19. The van der Waals surface area contributed by atoms with Gasteiger partial charge in [0.15, 0.2) is 0 Å². The van der Waals surface area contributed by atoms with Gasteiger partial charge in [0.25, 0.3) is 0 Å². The Morgan fingerprint density at radius 1 is 1.41 bits per heavy atom. The van der Waals surface area contributed by atoms with E-state index in [0.717, 1.165) is 43.0 Å². The van der Waals surface area contributed by atoms with Crippen LogP contribution in [0.1, 0.15) is 38.1 Å². The second kappa shape index (κ2) is 6.39. The van der Waals surface area contributed by atoms with Crippen LogP contribution in [0.4, 0.5) is 11.6 Å². The molecule has 1 heterocycles. The number of anilines is 2. The summed E-state index contributed by atoms with van der Waals surface area (Å²) in [7, 11) is 0. The highest BCUT2D eigenvalue weighted by molar-refractivity contribution is 5.54. The van der Waals surface area contributed by atoms with Gasteiger partial charge < -0.3 is 16.2 Å². The molecule has 0 aliphatic carbocycles. The van der Waals surface area contributed by atoms with E-state index in [9.17, 15) is 0 Å². The van der Waals surface area contributed by atoms with Gasteiger partial charge in [-0.1, -0.05) is 6.92 Å². The van der Waals surface area contributed by atoms with E-state index in [1.807, 2.05) is 13.8 Å². The first-order valence-electron chi connectivity index (χ1n) is 6.09. The van der Waals surface area contributed by atoms with Gasteiger partial charge in [0.05, 0.1) is 6.10 Å². The number of nitrogens with two attached hydrogens (primary N) is 1. The van der Waals surface area contributed by atoms with Crippen molar-refractivity contribution < 1.29 is 5.11 Å². The molecule has 0 radical (unpaired) electrons. The number of nitrogen functional groups attached to an aromatic ring is 1. The van der Waals surface area contributed by atoms with E-state index in [4.69, 9.17) is 10.8 Å². The van der Waals surface area contributed by atoms with Crippen LogP contribution in [-0.4, -0.2) is 27.7 Å². The van der Waals surface area contributed by atoms with Crippen molar-refractivity contribution >= 4 is 11.6 Å². The summed E-state index contributed by atoms with van der Waals surface area (Å²) < 4.78 is 0. The molecule has 4 N–H and O–H groups in total. The van der Waals surface area contributed by atoms with Crippen molar-refractivity contribution in [3.8, 4) is 0 Å². The number of nitrogens with one attached hydrogen (secondary N) is 1.